The minimum Gasteiger partial charge on any atom is -0.352 e. The molecule has 0 radical (unpaired) electrons. The first-order valence-corrected chi connectivity index (χ1v) is 4.38. The molecular formula is C10H10N2O2. The van der Waals surface area contributed by atoms with Gasteiger partial charge in [-0.15, -0.1) is 0 Å². The zero-order chi connectivity index (χ0) is 9.97. The van der Waals surface area contributed by atoms with E-state index in [0.717, 1.165) is 16.8 Å². The first kappa shape index (κ1) is 8.74. The molecule has 1 aliphatic rings. The number of benzene rings is 1. The standard InChI is InChI=1S/C10H10N2O2/c13-6-12-9-2-1-7-4-10(14)11-5-8(7)3-9/h1-3,6H,4-5H2,(H,11,14)(H,12,13). The SMILES string of the molecule is O=CNc1ccc2c(c1)CNC(=O)C2. The molecule has 0 saturated carbocycles. The lowest BCUT2D eigenvalue weighted by molar-refractivity contribution is -0.121. The number of amides is 2. The minimum absolute atomic E-state index is 0.0496. The van der Waals surface area contributed by atoms with Crippen molar-refractivity contribution >= 4 is 18.0 Å². The zero-order valence-corrected chi connectivity index (χ0v) is 7.54. The highest BCUT2D eigenvalue weighted by molar-refractivity contribution is 5.81. The van der Waals surface area contributed by atoms with E-state index in [1.807, 2.05) is 12.1 Å². The summed E-state index contributed by atoms with van der Waals surface area (Å²) in [6.45, 7) is 0.544. The lowest BCUT2D eigenvalue weighted by atomic mass is 10.00. The van der Waals surface area contributed by atoms with Crippen molar-refractivity contribution in [2.45, 2.75) is 13.0 Å². The van der Waals surface area contributed by atoms with Crippen LogP contribution < -0.4 is 10.6 Å². The molecule has 1 aromatic carbocycles. The Labute approximate surface area is 81.3 Å². The van der Waals surface area contributed by atoms with Crippen LogP contribution in [0.25, 0.3) is 0 Å². The zero-order valence-electron chi connectivity index (χ0n) is 7.54. The lowest BCUT2D eigenvalue weighted by Crippen LogP contribution is -2.30. The molecule has 0 bridgehead atoms. The summed E-state index contributed by atoms with van der Waals surface area (Å²) < 4.78 is 0. The fraction of sp³-hybridized carbons (Fsp3) is 0.200. The van der Waals surface area contributed by atoms with Crippen LogP contribution in [0, 0.1) is 0 Å². The average Bonchev–Trinajstić information content (AvgIpc) is 2.19. The van der Waals surface area contributed by atoms with Gasteiger partial charge in [0.05, 0.1) is 6.42 Å². The second-order valence-electron chi connectivity index (χ2n) is 3.20. The van der Waals surface area contributed by atoms with E-state index < -0.39 is 0 Å². The maximum Gasteiger partial charge on any atom is 0.224 e. The molecule has 0 unspecified atom stereocenters. The third-order valence-corrected chi connectivity index (χ3v) is 2.26. The topological polar surface area (TPSA) is 58.2 Å². The van der Waals surface area contributed by atoms with Gasteiger partial charge in [0.15, 0.2) is 0 Å². The third-order valence-electron chi connectivity index (χ3n) is 2.26. The van der Waals surface area contributed by atoms with Crippen molar-refractivity contribution in [1.29, 1.82) is 0 Å². The van der Waals surface area contributed by atoms with Crippen LogP contribution in [0.5, 0.6) is 0 Å². The molecule has 1 heterocycles. The summed E-state index contributed by atoms with van der Waals surface area (Å²) in [6.07, 6.45) is 1.07. The van der Waals surface area contributed by atoms with Crippen LogP contribution in [-0.2, 0) is 22.6 Å². The molecule has 72 valence electrons. The highest BCUT2D eigenvalue weighted by atomic mass is 16.1. The molecule has 0 atom stereocenters. The number of rotatable bonds is 2. The van der Waals surface area contributed by atoms with Gasteiger partial charge in [-0.3, -0.25) is 9.59 Å². The Morgan fingerprint density at radius 2 is 2.21 bits per heavy atom. The number of carbonyl (C=O) groups is 2. The van der Waals surface area contributed by atoms with Crippen molar-refractivity contribution < 1.29 is 9.59 Å². The van der Waals surface area contributed by atoms with Gasteiger partial charge in [-0.05, 0) is 23.3 Å². The van der Waals surface area contributed by atoms with Crippen LogP contribution in [0.15, 0.2) is 18.2 Å². The van der Waals surface area contributed by atoms with Gasteiger partial charge in [0.25, 0.3) is 0 Å². The molecular weight excluding hydrogens is 180 g/mol. The Hall–Kier alpha value is -1.84. The Balaban J connectivity index is 2.31. The Morgan fingerprint density at radius 1 is 1.36 bits per heavy atom. The molecule has 2 rings (SSSR count). The fourth-order valence-electron chi connectivity index (χ4n) is 1.55. The van der Waals surface area contributed by atoms with Gasteiger partial charge in [-0.1, -0.05) is 6.07 Å². The highest BCUT2D eigenvalue weighted by Gasteiger charge is 2.14. The molecule has 0 aliphatic carbocycles. The van der Waals surface area contributed by atoms with Crippen LogP contribution >= 0.6 is 0 Å². The average molecular weight is 190 g/mol. The van der Waals surface area contributed by atoms with Gasteiger partial charge in [0, 0.05) is 12.2 Å². The van der Waals surface area contributed by atoms with Crippen molar-refractivity contribution in [3.63, 3.8) is 0 Å². The molecule has 2 amide bonds. The lowest BCUT2D eigenvalue weighted by Gasteiger charge is -2.17. The molecule has 1 aliphatic heterocycles. The van der Waals surface area contributed by atoms with Gasteiger partial charge in [0.2, 0.25) is 12.3 Å². The van der Waals surface area contributed by atoms with E-state index in [1.165, 1.54) is 0 Å². The van der Waals surface area contributed by atoms with E-state index in [0.29, 0.717) is 19.4 Å². The Bertz CT molecular complexity index is 388. The summed E-state index contributed by atoms with van der Waals surface area (Å²) in [6, 6.07) is 5.55. The van der Waals surface area contributed by atoms with Crippen molar-refractivity contribution in [2.24, 2.45) is 0 Å². The first-order valence-electron chi connectivity index (χ1n) is 4.38. The van der Waals surface area contributed by atoms with Crippen molar-refractivity contribution in [3.05, 3.63) is 29.3 Å². The Kier molecular flexibility index (Phi) is 2.18. The summed E-state index contributed by atoms with van der Waals surface area (Å²) in [7, 11) is 0. The number of anilines is 1. The largest absolute Gasteiger partial charge is 0.352 e. The van der Waals surface area contributed by atoms with Crippen LogP contribution in [-0.4, -0.2) is 12.3 Å². The number of carbonyl (C=O) groups excluding carboxylic acids is 2. The molecule has 4 nitrogen and oxygen atoms in total. The van der Waals surface area contributed by atoms with Gasteiger partial charge in [-0.25, -0.2) is 0 Å². The van der Waals surface area contributed by atoms with E-state index >= 15 is 0 Å². The van der Waals surface area contributed by atoms with E-state index in [9.17, 15) is 9.59 Å². The van der Waals surface area contributed by atoms with Gasteiger partial charge >= 0.3 is 0 Å². The number of nitrogens with one attached hydrogen (secondary N) is 2. The van der Waals surface area contributed by atoms with Gasteiger partial charge < -0.3 is 10.6 Å². The van der Waals surface area contributed by atoms with Gasteiger partial charge in [-0.2, -0.15) is 0 Å². The predicted molar refractivity (Wildman–Crippen MR) is 51.7 cm³/mol. The summed E-state index contributed by atoms with van der Waals surface area (Å²) in [5.41, 5.74) is 2.86. The molecule has 2 N–H and O–H groups in total. The van der Waals surface area contributed by atoms with Gasteiger partial charge in [0.1, 0.15) is 0 Å². The van der Waals surface area contributed by atoms with Crippen molar-refractivity contribution in [2.75, 3.05) is 5.32 Å². The number of fused-ring (bicyclic) bond motifs is 1. The summed E-state index contributed by atoms with van der Waals surface area (Å²) in [4.78, 5) is 21.3. The quantitative estimate of drug-likeness (QED) is 0.664. The van der Waals surface area contributed by atoms with Crippen molar-refractivity contribution in [3.8, 4) is 0 Å². The van der Waals surface area contributed by atoms with E-state index in [2.05, 4.69) is 10.6 Å². The second kappa shape index (κ2) is 3.49. The summed E-state index contributed by atoms with van der Waals surface area (Å²) in [5, 5.41) is 5.33. The predicted octanol–water partition coefficient (Wildman–Crippen LogP) is 0.427. The molecule has 4 heteroatoms. The van der Waals surface area contributed by atoms with Crippen LogP contribution in [0.2, 0.25) is 0 Å². The summed E-state index contributed by atoms with van der Waals surface area (Å²) >= 11 is 0. The first-order chi connectivity index (χ1) is 6.79. The molecule has 0 fully saturated rings. The maximum absolute atomic E-state index is 11.1. The number of hydrogen-bond donors (Lipinski definition) is 2. The molecule has 0 aromatic heterocycles. The van der Waals surface area contributed by atoms with E-state index in [4.69, 9.17) is 0 Å². The van der Waals surface area contributed by atoms with Crippen LogP contribution in [0.3, 0.4) is 0 Å². The van der Waals surface area contributed by atoms with Crippen LogP contribution in [0.4, 0.5) is 5.69 Å². The van der Waals surface area contributed by atoms with E-state index in [1.54, 1.807) is 6.07 Å². The Morgan fingerprint density at radius 3 is 3.00 bits per heavy atom. The monoisotopic (exact) mass is 190 g/mol. The van der Waals surface area contributed by atoms with Crippen molar-refractivity contribution in [1.82, 2.24) is 5.32 Å². The summed E-state index contributed by atoms with van der Waals surface area (Å²) in [5.74, 6) is 0.0496. The van der Waals surface area contributed by atoms with E-state index in [-0.39, 0.29) is 5.91 Å². The smallest absolute Gasteiger partial charge is 0.224 e. The number of hydrogen-bond acceptors (Lipinski definition) is 2. The fourth-order valence-corrected chi connectivity index (χ4v) is 1.55. The third kappa shape index (κ3) is 1.59. The molecule has 1 aromatic rings. The molecule has 0 saturated heterocycles. The minimum atomic E-state index is 0.0496. The normalized spacial score (nSPS) is 14.1. The second-order valence-corrected chi connectivity index (χ2v) is 3.20. The molecule has 0 spiro atoms. The highest BCUT2D eigenvalue weighted by Crippen LogP contribution is 2.18. The maximum atomic E-state index is 11.1. The van der Waals surface area contributed by atoms with Crippen LogP contribution in [0.1, 0.15) is 11.1 Å². The molecule has 14 heavy (non-hydrogen) atoms.